The summed E-state index contributed by atoms with van der Waals surface area (Å²) in [6.45, 7) is 2.32. The van der Waals surface area contributed by atoms with Gasteiger partial charge in [0.05, 0.1) is 6.42 Å². The van der Waals surface area contributed by atoms with Crippen molar-refractivity contribution in [3.05, 3.63) is 35.6 Å². The van der Waals surface area contributed by atoms with Gasteiger partial charge in [0.2, 0.25) is 0 Å². The predicted molar refractivity (Wildman–Crippen MR) is 55.1 cm³/mol. The molecule has 2 N–H and O–H groups in total. The lowest BCUT2D eigenvalue weighted by Gasteiger charge is -2.13. The monoisotopic (exact) mass is 211 g/mol. The number of benzene rings is 1. The second kappa shape index (κ2) is 5.46. The summed E-state index contributed by atoms with van der Waals surface area (Å²) >= 11 is 0. The molecule has 15 heavy (non-hydrogen) atoms. The molecule has 0 saturated carbocycles. The molecule has 1 aromatic carbocycles. The normalized spacial score (nSPS) is 12.4. The fourth-order valence-electron chi connectivity index (χ4n) is 1.26. The van der Waals surface area contributed by atoms with Crippen molar-refractivity contribution < 1.29 is 14.3 Å². The standard InChI is InChI=1S/C11H14FNO2/c1-8(13-7-6-11(14)15)9-2-4-10(12)5-3-9/h2-5,8,13H,6-7H2,1H3,(H,14,15)/t8-/m0/s1. The van der Waals surface area contributed by atoms with Crippen LogP contribution in [-0.4, -0.2) is 17.6 Å². The van der Waals surface area contributed by atoms with Crippen LogP contribution in [0.25, 0.3) is 0 Å². The maximum atomic E-state index is 12.6. The number of carboxylic acids is 1. The molecule has 0 fully saturated rings. The average molecular weight is 211 g/mol. The number of hydrogen-bond donors (Lipinski definition) is 2. The maximum Gasteiger partial charge on any atom is 0.304 e. The minimum absolute atomic E-state index is 0.0324. The van der Waals surface area contributed by atoms with Gasteiger partial charge in [0.25, 0.3) is 0 Å². The highest BCUT2D eigenvalue weighted by Crippen LogP contribution is 2.12. The molecular weight excluding hydrogens is 197 g/mol. The Morgan fingerprint density at radius 2 is 2.07 bits per heavy atom. The Kier molecular flexibility index (Phi) is 4.24. The van der Waals surface area contributed by atoms with Crippen LogP contribution in [0.3, 0.4) is 0 Å². The van der Waals surface area contributed by atoms with Crippen LogP contribution < -0.4 is 5.32 Å². The van der Waals surface area contributed by atoms with Crippen molar-refractivity contribution in [1.82, 2.24) is 5.32 Å². The topological polar surface area (TPSA) is 49.3 Å². The molecule has 0 heterocycles. The number of carbonyl (C=O) groups is 1. The van der Waals surface area contributed by atoms with Gasteiger partial charge >= 0.3 is 5.97 Å². The van der Waals surface area contributed by atoms with Crippen molar-refractivity contribution in [3.8, 4) is 0 Å². The summed E-state index contributed by atoms with van der Waals surface area (Å²) in [5, 5.41) is 11.5. The largest absolute Gasteiger partial charge is 0.481 e. The smallest absolute Gasteiger partial charge is 0.304 e. The summed E-state index contributed by atoms with van der Waals surface area (Å²) in [4.78, 5) is 10.3. The van der Waals surface area contributed by atoms with Crippen LogP contribution in [0.5, 0.6) is 0 Å². The van der Waals surface area contributed by atoms with Crippen molar-refractivity contribution in [2.75, 3.05) is 6.54 Å². The Labute approximate surface area is 87.9 Å². The van der Waals surface area contributed by atoms with Gasteiger partial charge in [0.1, 0.15) is 5.82 Å². The number of nitrogens with one attached hydrogen (secondary N) is 1. The molecule has 82 valence electrons. The minimum atomic E-state index is -0.825. The first-order valence-corrected chi connectivity index (χ1v) is 4.80. The number of carboxylic acid groups (broad SMARTS) is 1. The number of hydrogen-bond acceptors (Lipinski definition) is 2. The van der Waals surface area contributed by atoms with Crippen LogP contribution in [0.1, 0.15) is 24.9 Å². The van der Waals surface area contributed by atoms with Gasteiger partial charge in [-0.15, -0.1) is 0 Å². The summed E-state index contributed by atoms with van der Waals surface area (Å²) < 4.78 is 12.6. The first-order chi connectivity index (χ1) is 7.09. The Balaban J connectivity index is 2.43. The number of halogens is 1. The fourth-order valence-corrected chi connectivity index (χ4v) is 1.26. The van der Waals surface area contributed by atoms with E-state index in [1.165, 1.54) is 12.1 Å². The van der Waals surface area contributed by atoms with Gasteiger partial charge in [0, 0.05) is 12.6 Å². The van der Waals surface area contributed by atoms with Gasteiger partial charge in [-0.1, -0.05) is 12.1 Å². The molecule has 0 saturated heterocycles. The maximum absolute atomic E-state index is 12.6. The van der Waals surface area contributed by atoms with Crippen molar-refractivity contribution in [2.45, 2.75) is 19.4 Å². The molecule has 0 bridgehead atoms. The molecule has 0 radical (unpaired) electrons. The van der Waals surface area contributed by atoms with Crippen molar-refractivity contribution >= 4 is 5.97 Å². The lowest BCUT2D eigenvalue weighted by molar-refractivity contribution is -0.136. The molecule has 0 aliphatic rings. The summed E-state index contributed by atoms with van der Waals surface area (Å²) in [6.07, 6.45) is 0.0888. The third kappa shape index (κ3) is 4.08. The first kappa shape index (κ1) is 11.7. The number of rotatable bonds is 5. The lowest BCUT2D eigenvalue weighted by Crippen LogP contribution is -2.21. The van der Waals surface area contributed by atoms with Crippen LogP contribution in [0.4, 0.5) is 4.39 Å². The van der Waals surface area contributed by atoms with E-state index in [2.05, 4.69) is 5.32 Å². The van der Waals surface area contributed by atoms with Crippen LogP contribution in [0.2, 0.25) is 0 Å². The molecule has 0 amide bonds. The quantitative estimate of drug-likeness (QED) is 0.782. The summed E-state index contributed by atoms with van der Waals surface area (Å²) in [7, 11) is 0. The Morgan fingerprint density at radius 1 is 1.47 bits per heavy atom. The van der Waals surface area contributed by atoms with E-state index in [4.69, 9.17) is 5.11 Å². The Bertz CT molecular complexity index is 324. The molecule has 4 heteroatoms. The van der Waals surface area contributed by atoms with Gasteiger partial charge in [-0.05, 0) is 24.6 Å². The number of aliphatic carboxylic acids is 1. The van der Waals surface area contributed by atoms with E-state index < -0.39 is 5.97 Å². The van der Waals surface area contributed by atoms with Crippen molar-refractivity contribution in [1.29, 1.82) is 0 Å². The van der Waals surface area contributed by atoms with Crippen LogP contribution in [0, 0.1) is 5.82 Å². The molecule has 0 unspecified atom stereocenters. The SMILES string of the molecule is C[C@H](NCCC(=O)O)c1ccc(F)cc1. The van der Waals surface area contributed by atoms with E-state index in [1.54, 1.807) is 12.1 Å². The van der Waals surface area contributed by atoms with E-state index in [9.17, 15) is 9.18 Å². The molecule has 1 aromatic rings. The molecule has 0 aromatic heterocycles. The molecule has 1 atom stereocenters. The highest BCUT2D eigenvalue weighted by molar-refractivity contribution is 5.66. The van der Waals surface area contributed by atoms with Crippen LogP contribution in [0.15, 0.2) is 24.3 Å². The predicted octanol–water partition coefficient (Wildman–Crippen LogP) is 1.95. The van der Waals surface area contributed by atoms with E-state index in [0.717, 1.165) is 5.56 Å². The first-order valence-electron chi connectivity index (χ1n) is 4.80. The molecule has 3 nitrogen and oxygen atoms in total. The van der Waals surface area contributed by atoms with E-state index >= 15 is 0 Å². The van der Waals surface area contributed by atoms with Crippen LogP contribution >= 0.6 is 0 Å². The Hall–Kier alpha value is -1.42. The average Bonchev–Trinajstić information content (AvgIpc) is 2.18. The van der Waals surface area contributed by atoms with E-state index in [0.29, 0.717) is 6.54 Å². The third-order valence-corrected chi connectivity index (χ3v) is 2.16. The summed E-state index contributed by atoms with van der Waals surface area (Å²) in [5.41, 5.74) is 0.946. The van der Waals surface area contributed by atoms with Crippen LogP contribution in [-0.2, 0) is 4.79 Å². The van der Waals surface area contributed by atoms with Gasteiger partial charge in [-0.25, -0.2) is 4.39 Å². The van der Waals surface area contributed by atoms with E-state index in [1.807, 2.05) is 6.92 Å². The van der Waals surface area contributed by atoms with Crippen molar-refractivity contribution in [3.63, 3.8) is 0 Å². The minimum Gasteiger partial charge on any atom is -0.481 e. The fraction of sp³-hybridized carbons (Fsp3) is 0.364. The Morgan fingerprint density at radius 3 is 2.60 bits per heavy atom. The molecule has 1 rings (SSSR count). The van der Waals surface area contributed by atoms with E-state index in [-0.39, 0.29) is 18.3 Å². The van der Waals surface area contributed by atoms with Gasteiger partial charge in [0.15, 0.2) is 0 Å². The van der Waals surface area contributed by atoms with Crippen molar-refractivity contribution in [2.24, 2.45) is 0 Å². The molecular formula is C11H14FNO2. The highest BCUT2D eigenvalue weighted by atomic mass is 19.1. The molecule has 0 aliphatic heterocycles. The lowest BCUT2D eigenvalue weighted by atomic mass is 10.1. The zero-order valence-corrected chi connectivity index (χ0v) is 8.53. The third-order valence-electron chi connectivity index (χ3n) is 2.16. The zero-order valence-electron chi connectivity index (χ0n) is 8.53. The van der Waals surface area contributed by atoms with Gasteiger partial charge < -0.3 is 10.4 Å². The second-order valence-corrected chi connectivity index (χ2v) is 3.37. The second-order valence-electron chi connectivity index (χ2n) is 3.37. The molecule has 0 spiro atoms. The molecule has 0 aliphatic carbocycles. The summed E-state index contributed by atoms with van der Waals surface area (Å²) in [6, 6.07) is 6.20. The summed E-state index contributed by atoms with van der Waals surface area (Å²) in [5.74, 6) is -1.09. The van der Waals surface area contributed by atoms with Gasteiger partial charge in [-0.2, -0.15) is 0 Å². The highest BCUT2D eigenvalue weighted by Gasteiger charge is 2.05. The zero-order chi connectivity index (χ0) is 11.3. The van der Waals surface area contributed by atoms with Gasteiger partial charge in [-0.3, -0.25) is 4.79 Å².